The molecule has 0 heteroatoms. The van der Waals surface area contributed by atoms with E-state index in [9.17, 15) is 0 Å². The summed E-state index contributed by atoms with van der Waals surface area (Å²) in [6.45, 7) is 21.2. The molecule has 0 saturated heterocycles. The van der Waals surface area contributed by atoms with Crippen molar-refractivity contribution in [2.45, 2.75) is 48.5 Å². The first-order chi connectivity index (χ1) is 7.20. The maximum atomic E-state index is 4.38. The fraction of sp³-hybridized carbons (Fsp3) is 0.750. The van der Waals surface area contributed by atoms with Gasteiger partial charge in [0.1, 0.15) is 0 Å². The van der Waals surface area contributed by atoms with E-state index in [0.29, 0.717) is 22.7 Å². The van der Waals surface area contributed by atoms with Crippen molar-refractivity contribution in [2.75, 3.05) is 0 Å². The third-order valence-corrected chi connectivity index (χ3v) is 6.89. The maximum absolute atomic E-state index is 4.38. The van der Waals surface area contributed by atoms with Crippen molar-refractivity contribution in [1.29, 1.82) is 0 Å². The summed E-state index contributed by atoms with van der Waals surface area (Å²) in [7, 11) is 0. The van der Waals surface area contributed by atoms with Gasteiger partial charge in [0.25, 0.3) is 0 Å². The van der Waals surface area contributed by atoms with Gasteiger partial charge in [0.05, 0.1) is 0 Å². The largest absolute Gasteiger partial charge is 0.0993 e. The third kappa shape index (κ3) is 0.931. The van der Waals surface area contributed by atoms with Crippen LogP contribution in [0.4, 0.5) is 0 Å². The molecule has 2 aliphatic rings. The molecule has 0 aromatic rings. The van der Waals surface area contributed by atoms with Crippen LogP contribution in [0.25, 0.3) is 0 Å². The molecule has 16 heavy (non-hydrogen) atoms. The van der Waals surface area contributed by atoms with Gasteiger partial charge in [-0.25, -0.2) is 0 Å². The lowest BCUT2D eigenvalue weighted by molar-refractivity contribution is 0.0392. The van der Waals surface area contributed by atoms with Crippen LogP contribution in [0.2, 0.25) is 0 Å². The summed E-state index contributed by atoms with van der Waals surface area (Å²) < 4.78 is 0. The highest BCUT2D eigenvalue weighted by molar-refractivity contribution is 5.42. The zero-order chi connectivity index (χ0) is 12.5. The van der Waals surface area contributed by atoms with Crippen molar-refractivity contribution >= 4 is 0 Å². The lowest BCUT2D eigenvalue weighted by Gasteiger charge is -2.53. The molecule has 0 radical (unpaired) electrons. The molecule has 0 spiro atoms. The molecule has 2 rings (SSSR count). The lowest BCUT2D eigenvalue weighted by Crippen LogP contribution is -2.47. The molecule has 0 nitrogen and oxygen atoms in total. The lowest BCUT2D eigenvalue weighted by atomic mass is 9.51. The van der Waals surface area contributed by atoms with Gasteiger partial charge < -0.3 is 0 Å². The normalized spacial score (nSPS) is 52.4. The van der Waals surface area contributed by atoms with E-state index in [1.807, 2.05) is 0 Å². The molecule has 5 atom stereocenters. The Morgan fingerprint density at radius 3 is 1.50 bits per heavy atom. The van der Waals surface area contributed by atoms with Gasteiger partial charge >= 0.3 is 0 Å². The molecule has 2 bridgehead atoms. The SMILES string of the molecule is C=C1[C@@H](C)[C@@]2(C)C(C)=C(C)[C@](C)(C2C)[C@H]1C. The standard InChI is InChI=1S/C16H26/c1-9-10(2)15(7)12(4)13(5)16(8,11(9)3)14(15)6/h10-11,14H,1H2,2-8H3/t10-,11+,14?,15+,16-. The van der Waals surface area contributed by atoms with E-state index < -0.39 is 0 Å². The Hall–Kier alpha value is -0.520. The minimum absolute atomic E-state index is 0.336. The van der Waals surface area contributed by atoms with Gasteiger partial charge in [-0.1, -0.05) is 57.9 Å². The smallest absolute Gasteiger partial charge is 0.00195 e. The van der Waals surface area contributed by atoms with Gasteiger partial charge in [0, 0.05) is 0 Å². The quantitative estimate of drug-likeness (QED) is 0.511. The van der Waals surface area contributed by atoms with Gasteiger partial charge in [-0.3, -0.25) is 0 Å². The first-order valence-corrected chi connectivity index (χ1v) is 6.57. The van der Waals surface area contributed by atoms with Gasteiger partial charge in [-0.05, 0) is 42.4 Å². The fourth-order valence-corrected chi connectivity index (χ4v) is 4.63. The summed E-state index contributed by atoms with van der Waals surface area (Å²) in [5.74, 6) is 1.96. The number of hydrogen-bond acceptors (Lipinski definition) is 0. The summed E-state index contributed by atoms with van der Waals surface area (Å²) in [4.78, 5) is 0. The summed E-state index contributed by atoms with van der Waals surface area (Å²) in [5, 5.41) is 0. The van der Waals surface area contributed by atoms with Crippen molar-refractivity contribution in [2.24, 2.45) is 28.6 Å². The molecule has 1 fully saturated rings. The Kier molecular flexibility index (Phi) is 2.26. The van der Waals surface area contributed by atoms with Crippen LogP contribution in [-0.4, -0.2) is 0 Å². The topological polar surface area (TPSA) is 0 Å². The van der Waals surface area contributed by atoms with Crippen LogP contribution in [0.5, 0.6) is 0 Å². The Morgan fingerprint density at radius 1 is 0.875 bits per heavy atom. The van der Waals surface area contributed by atoms with Gasteiger partial charge in [-0.2, -0.15) is 0 Å². The van der Waals surface area contributed by atoms with E-state index in [0.717, 1.165) is 5.92 Å². The number of rotatable bonds is 0. The second-order valence-electron chi connectivity index (χ2n) is 6.56. The Balaban J connectivity index is 2.71. The molecule has 0 amide bonds. The average Bonchev–Trinajstić information content (AvgIpc) is 2.38. The average molecular weight is 218 g/mol. The van der Waals surface area contributed by atoms with Gasteiger partial charge in [0.15, 0.2) is 0 Å². The zero-order valence-electron chi connectivity index (χ0n) is 11.9. The highest BCUT2D eigenvalue weighted by Gasteiger charge is 2.61. The minimum Gasteiger partial charge on any atom is -0.0993 e. The number of allylic oxidation sites excluding steroid dienone is 3. The highest BCUT2D eigenvalue weighted by Crippen LogP contribution is 2.69. The number of hydrogen-bond donors (Lipinski definition) is 0. The first kappa shape index (κ1) is 12.0. The molecular formula is C16H26. The Bertz CT molecular complexity index is 353. The van der Waals surface area contributed by atoms with Crippen LogP contribution in [-0.2, 0) is 0 Å². The van der Waals surface area contributed by atoms with E-state index in [1.165, 1.54) is 5.57 Å². The van der Waals surface area contributed by atoms with Crippen molar-refractivity contribution < 1.29 is 0 Å². The molecule has 0 aromatic heterocycles. The van der Waals surface area contributed by atoms with Crippen molar-refractivity contribution in [3.05, 3.63) is 23.3 Å². The molecule has 90 valence electrons. The van der Waals surface area contributed by atoms with E-state index in [4.69, 9.17) is 0 Å². The van der Waals surface area contributed by atoms with Crippen LogP contribution >= 0.6 is 0 Å². The molecule has 0 aliphatic heterocycles. The fourth-order valence-electron chi connectivity index (χ4n) is 4.63. The first-order valence-electron chi connectivity index (χ1n) is 6.57. The summed E-state index contributed by atoms with van der Waals surface area (Å²) in [6.07, 6.45) is 0. The molecular weight excluding hydrogens is 192 g/mol. The van der Waals surface area contributed by atoms with Gasteiger partial charge in [-0.15, -0.1) is 0 Å². The summed E-state index contributed by atoms with van der Waals surface area (Å²) in [5.41, 5.74) is 5.38. The van der Waals surface area contributed by atoms with Crippen LogP contribution in [0.1, 0.15) is 48.5 Å². The predicted octanol–water partition coefficient (Wildman–Crippen LogP) is 4.83. The van der Waals surface area contributed by atoms with Gasteiger partial charge in [0.2, 0.25) is 0 Å². The van der Waals surface area contributed by atoms with E-state index in [2.05, 4.69) is 55.0 Å². The van der Waals surface area contributed by atoms with Crippen LogP contribution in [0, 0.1) is 28.6 Å². The minimum atomic E-state index is 0.336. The number of fused-ring (bicyclic) bond motifs is 2. The van der Waals surface area contributed by atoms with Crippen LogP contribution in [0.15, 0.2) is 23.3 Å². The van der Waals surface area contributed by atoms with E-state index in [-0.39, 0.29) is 0 Å². The molecule has 2 aliphatic carbocycles. The monoisotopic (exact) mass is 218 g/mol. The highest BCUT2D eigenvalue weighted by atomic mass is 14.6. The van der Waals surface area contributed by atoms with Crippen LogP contribution in [0.3, 0.4) is 0 Å². The molecule has 1 saturated carbocycles. The van der Waals surface area contributed by atoms with Crippen molar-refractivity contribution in [1.82, 2.24) is 0 Å². The Morgan fingerprint density at radius 2 is 1.19 bits per heavy atom. The zero-order valence-corrected chi connectivity index (χ0v) is 11.9. The molecule has 1 unspecified atom stereocenters. The maximum Gasteiger partial charge on any atom is -0.00195 e. The second-order valence-corrected chi connectivity index (χ2v) is 6.56. The van der Waals surface area contributed by atoms with Crippen molar-refractivity contribution in [3.8, 4) is 0 Å². The summed E-state index contributed by atoms with van der Waals surface area (Å²) in [6, 6.07) is 0. The van der Waals surface area contributed by atoms with Crippen LogP contribution < -0.4 is 0 Å². The van der Waals surface area contributed by atoms with E-state index in [1.54, 1.807) is 11.1 Å². The Labute approximate surface area is 101 Å². The van der Waals surface area contributed by atoms with E-state index >= 15 is 0 Å². The molecule has 0 heterocycles. The molecule has 0 N–H and O–H groups in total. The third-order valence-electron chi connectivity index (χ3n) is 6.89. The van der Waals surface area contributed by atoms with Crippen molar-refractivity contribution in [3.63, 3.8) is 0 Å². The second kappa shape index (κ2) is 3.03. The summed E-state index contributed by atoms with van der Waals surface area (Å²) >= 11 is 0. The predicted molar refractivity (Wildman–Crippen MR) is 71.2 cm³/mol. The molecule has 0 aromatic carbocycles.